The summed E-state index contributed by atoms with van der Waals surface area (Å²) < 4.78 is 10.6. The molecular formula is C17H27ClN2O3. The number of hydrogen-bond donors (Lipinski definition) is 2. The lowest BCUT2D eigenvalue weighted by Gasteiger charge is -2.30. The fraction of sp³-hybridized carbons (Fsp3) is 0.588. The van der Waals surface area contributed by atoms with Gasteiger partial charge in [-0.05, 0) is 49.1 Å². The van der Waals surface area contributed by atoms with Crippen LogP contribution >= 0.6 is 12.4 Å². The molecule has 0 aromatic heterocycles. The molecular weight excluding hydrogens is 316 g/mol. The summed E-state index contributed by atoms with van der Waals surface area (Å²) in [7, 11) is 3.27. The SMILES string of the molecule is COc1ccc(OC)c(CCC(=O)NC2CNCCC2C)c1.Cl. The molecule has 2 rings (SSSR count). The fourth-order valence-corrected chi connectivity index (χ4v) is 2.79. The Morgan fingerprint density at radius 2 is 2.13 bits per heavy atom. The summed E-state index contributed by atoms with van der Waals surface area (Å²) >= 11 is 0. The van der Waals surface area contributed by atoms with E-state index in [-0.39, 0.29) is 24.4 Å². The number of nitrogens with one attached hydrogen (secondary N) is 2. The van der Waals surface area contributed by atoms with E-state index < -0.39 is 0 Å². The van der Waals surface area contributed by atoms with Crippen LogP contribution in [-0.4, -0.2) is 39.3 Å². The predicted octanol–water partition coefficient (Wildman–Crippen LogP) is 2.17. The molecule has 1 aromatic rings. The second-order valence-corrected chi connectivity index (χ2v) is 5.82. The Morgan fingerprint density at radius 3 is 2.78 bits per heavy atom. The quantitative estimate of drug-likeness (QED) is 0.832. The van der Waals surface area contributed by atoms with Crippen molar-refractivity contribution in [3.05, 3.63) is 23.8 Å². The molecule has 23 heavy (non-hydrogen) atoms. The van der Waals surface area contributed by atoms with Gasteiger partial charge in [0.15, 0.2) is 0 Å². The van der Waals surface area contributed by atoms with E-state index in [2.05, 4.69) is 17.6 Å². The zero-order valence-corrected chi connectivity index (χ0v) is 14.9. The highest BCUT2D eigenvalue weighted by atomic mass is 35.5. The van der Waals surface area contributed by atoms with E-state index in [1.807, 2.05) is 18.2 Å². The molecule has 2 unspecified atom stereocenters. The second-order valence-electron chi connectivity index (χ2n) is 5.82. The lowest BCUT2D eigenvalue weighted by molar-refractivity contribution is -0.122. The van der Waals surface area contributed by atoms with Gasteiger partial charge >= 0.3 is 0 Å². The maximum atomic E-state index is 12.2. The maximum Gasteiger partial charge on any atom is 0.220 e. The molecule has 1 heterocycles. The highest BCUT2D eigenvalue weighted by molar-refractivity contribution is 5.85. The van der Waals surface area contributed by atoms with Crippen LogP contribution in [0.1, 0.15) is 25.3 Å². The molecule has 0 bridgehead atoms. The summed E-state index contributed by atoms with van der Waals surface area (Å²) in [6.07, 6.45) is 2.20. The number of carbonyl (C=O) groups is 1. The highest BCUT2D eigenvalue weighted by Gasteiger charge is 2.22. The topological polar surface area (TPSA) is 59.6 Å². The molecule has 130 valence electrons. The molecule has 0 spiro atoms. The number of rotatable bonds is 6. The first kappa shape index (κ1) is 19.6. The molecule has 1 aliphatic rings. The van der Waals surface area contributed by atoms with Crippen LogP contribution in [0.5, 0.6) is 11.5 Å². The van der Waals surface area contributed by atoms with Crippen molar-refractivity contribution in [2.24, 2.45) is 5.92 Å². The van der Waals surface area contributed by atoms with Gasteiger partial charge in [0.25, 0.3) is 0 Å². The normalized spacial score (nSPS) is 20.3. The average Bonchev–Trinajstić information content (AvgIpc) is 2.54. The maximum absolute atomic E-state index is 12.2. The third-order valence-corrected chi connectivity index (χ3v) is 4.28. The summed E-state index contributed by atoms with van der Waals surface area (Å²) in [5, 5.41) is 6.46. The first-order valence-electron chi connectivity index (χ1n) is 7.85. The number of methoxy groups -OCH3 is 2. The van der Waals surface area contributed by atoms with Crippen molar-refractivity contribution in [2.75, 3.05) is 27.3 Å². The van der Waals surface area contributed by atoms with Gasteiger partial charge in [0, 0.05) is 19.0 Å². The summed E-state index contributed by atoms with van der Waals surface area (Å²) in [4.78, 5) is 12.2. The first-order chi connectivity index (χ1) is 10.6. The molecule has 6 heteroatoms. The molecule has 2 N–H and O–H groups in total. The van der Waals surface area contributed by atoms with Crippen molar-refractivity contribution in [3.8, 4) is 11.5 Å². The van der Waals surface area contributed by atoms with Crippen LogP contribution in [0.3, 0.4) is 0 Å². The Morgan fingerprint density at radius 1 is 1.35 bits per heavy atom. The van der Waals surface area contributed by atoms with E-state index in [1.54, 1.807) is 14.2 Å². The van der Waals surface area contributed by atoms with Crippen molar-refractivity contribution < 1.29 is 14.3 Å². The number of benzene rings is 1. The van der Waals surface area contributed by atoms with Crippen molar-refractivity contribution >= 4 is 18.3 Å². The zero-order valence-electron chi connectivity index (χ0n) is 14.1. The van der Waals surface area contributed by atoms with E-state index >= 15 is 0 Å². The average molecular weight is 343 g/mol. The van der Waals surface area contributed by atoms with Gasteiger partial charge < -0.3 is 20.1 Å². The number of ether oxygens (including phenoxy) is 2. The number of aryl methyl sites for hydroxylation is 1. The third-order valence-electron chi connectivity index (χ3n) is 4.28. The number of carbonyl (C=O) groups excluding carboxylic acids is 1. The van der Waals surface area contributed by atoms with Crippen LogP contribution in [0.2, 0.25) is 0 Å². The Bertz CT molecular complexity index is 511. The van der Waals surface area contributed by atoms with Crippen LogP contribution in [0, 0.1) is 5.92 Å². The molecule has 1 fully saturated rings. The smallest absolute Gasteiger partial charge is 0.220 e. The monoisotopic (exact) mass is 342 g/mol. The Hall–Kier alpha value is -1.46. The van der Waals surface area contributed by atoms with Crippen LogP contribution in [0.15, 0.2) is 18.2 Å². The van der Waals surface area contributed by atoms with Crippen molar-refractivity contribution in [1.29, 1.82) is 0 Å². The molecule has 0 saturated carbocycles. The van der Waals surface area contributed by atoms with Crippen molar-refractivity contribution in [2.45, 2.75) is 32.2 Å². The number of amides is 1. The minimum absolute atomic E-state index is 0. The molecule has 1 aromatic carbocycles. The van der Waals surface area contributed by atoms with Crippen LogP contribution in [-0.2, 0) is 11.2 Å². The van der Waals surface area contributed by atoms with E-state index in [0.717, 1.165) is 36.6 Å². The van der Waals surface area contributed by atoms with E-state index in [1.165, 1.54) is 0 Å². The van der Waals surface area contributed by atoms with Gasteiger partial charge in [-0.3, -0.25) is 4.79 Å². The standard InChI is InChI=1S/C17H26N2O3.ClH/c1-12-8-9-18-11-15(12)19-17(20)7-4-13-10-14(21-2)5-6-16(13)22-3;/h5-6,10,12,15,18H,4,7-9,11H2,1-3H3,(H,19,20);1H. The van der Waals surface area contributed by atoms with Crippen LogP contribution in [0.25, 0.3) is 0 Å². The fourth-order valence-electron chi connectivity index (χ4n) is 2.79. The highest BCUT2D eigenvalue weighted by Crippen LogP contribution is 2.25. The van der Waals surface area contributed by atoms with Gasteiger partial charge in [0.05, 0.1) is 14.2 Å². The number of halogens is 1. The van der Waals surface area contributed by atoms with E-state index in [9.17, 15) is 4.79 Å². The Balaban J connectivity index is 0.00000264. The Labute approximate surface area is 144 Å². The lowest BCUT2D eigenvalue weighted by Crippen LogP contribution is -2.50. The Kier molecular flexibility index (Phi) is 8.20. The lowest BCUT2D eigenvalue weighted by atomic mass is 9.94. The zero-order chi connectivity index (χ0) is 15.9. The van der Waals surface area contributed by atoms with E-state index in [4.69, 9.17) is 9.47 Å². The van der Waals surface area contributed by atoms with Gasteiger partial charge in [-0.25, -0.2) is 0 Å². The first-order valence-corrected chi connectivity index (χ1v) is 7.85. The summed E-state index contributed by atoms with van der Waals surface area (Å²) in [6.45, 7) is 4.08. The van der Waals surface area contributed by atoms with Gasteiger partial charge in [0.2, 0.25) is 5.91 Å². The van der Waals surface area contributed by atoms with Crippen LogP contribution < -0.4 is 20.1 Å². The molecule has 1 aliphatic heterocycles. The van der Waals surface area contributed by atoms with Crippen LogP contribution in [0.4, 0.5) is 0 Å². The van der Waals surface area contributed by atoms with Gasteiger partial charge in [-0.2, -0.15) is 0 Å². The molecule has 5 nitrogen and oxygen atoms in total. The van der Waals surface area contributed by atoms with Gasteiger partial charge in [-0.1, -0.05) is 6.92 Å². The minimum atomic E-state index is 0. The molecule has 0 aliphatic carbocycles. The predicted molar refractivity (Wildman–Crippen MR) is 93.7 cm³/mol. The van der Waals surface area contributed by atoms with Gasteiger partial charge in [0.1, 0.15) is 11.5 Å². The second kappa shape index (κ2) is 9.63. The third kappa shape index (κ3) is 5.59. The molecule has 1 amide bonds. The van der Waals surface area contributed by atoms with Gasteiger partial charge in [-0.15, -0.1) is 12.4 Å². The summed E-state index contributed by atoms with van der Waals surface area (Å²) in [5.41, 5.74) is 0.992. The van der Waals surface area contributed by atoms with Crippen molar-refractivity contribution in [3.63, 3.8) is 0 Å². The largest absolute Gasteiger partial charge is 0.497 e. The molecule has 2 atom stereocenters. The molecule has 0 radical (unpaired) electrons. The molecule has 1 saturated heterocycles. The minimum Gasteiger partial charge on any atom is -0.497 e. The van der Waals surface area contributed by atoms with Crippen molar-refractivity contribution in [1.82, 2.24) is 10.6 Å². The number of hydrogen-bond acceptors (Lipinski definition) is 4. The summed E-state index contributed by atoms with van der Waals surface area (Å²) in [5.74, 6) is 2.18. The van der Waals surface area contributed by atoms with E-state index in [0.29, 0.717) is 18.8 Å². The number of piperidine rings is 1. The summed E-state index contributed by atoms with van der Waals surface area (Å²) in [6, 6.07) is 5.89.